The van der Waals surface area contributed by atoms with Gasteiger partial charge in [0.15, 0.2) is 11.5 Å². The van der Waals surface area contributed by atoms with Gasteiger partial charge in [-0.1, -0.05) is 29.8 Å². The highest BCUT2D eigenvalue weighted by Gasteiger charge is 2.38. The molecule has 34 heavy (non-hydrogen) atoms. The topological polar surface area (TPSA) is 71.4 Å². The van der Waals surface area contributed by atoms with E-state index in [1.54, 1.807) is 44.6 Å². The summed E-state index contributed by atoms with van der Waals surface area (Å²) in [6, 6.07) is 19.8. The predicted molar refractivity (Wildman–Crippen MR) is 134 cm³/mol. The van der Waals surface area contributed by atoms with Crippen molar-refractivity contribution >= 4 is 21.4 Å². The van der Waals surface area contributed by atoms with Crippen molar-refractivity contribution in [2.75, 3.05) is 33.2 Å². The molecule has 3 aromatic carbocycles. The molecule has 0 aliphatic carbocycles. The summed E-state index contributed by atoms with van der Waals surface area (Å²) in [5.74, 6) is 1.17. The van der Waals surface area contributed by atoms with Crippen LogP contribution < -0.4 is 14.4 Å². The maximum Gasteiger partial charge on any atom is 0.279 e. The number of nitrogens with zero attached hydrogens (tertiary/aromatic N) is 3. The van der Waals surface area contributed by atoms with Crippen molar-refractivity contribution in [2.45, 2.75) is 24.3 Å². The fourth-order valence-electron chi connectivity index (χ4n) is 3.96. The second kappa shape index (κ2) is 9.38. The van der Waals surface area contributed by atoms with Crippen molar-refractivity contribution in [3.8, 4) is 11.5 Å². The molecular formula is C26H29N3O4S. The Hall–Kier alpha value is -3.52. The molecule has 8 heteroatoms. The van der Waals surface area contributed by atoms with Gasteiger partial charge in [0, 0.05) is 31.8 Å². The first-order chi connectivity index (χ1) is 16.2. The molecule has 0 saturated heterocycles. The second-order valence-corrected chi connectivity index (χ2v) is 10.2. The van der Waals surface area contributed by atoms with Gasteiger partial charge in [0.05, 0.1) is 30.9 Å². The van der Waals surface area contributed by atoms with Crippen LogP contribution in [0.3, 0.4) is 0 Å². The smallest absolute Gasteiger partial charge is 0.279 e. The highest BCUT2D eigenvalue weighted by atomic mass is 32.2. The minimum atomic E-state index is -3.87. The number of anilines is 1. The van der Waals surface area contributed by atoms with Crippen LogP contribution >= 0.6 is 0 Å². The molecule has 1 unspecified atom stereocenters. The zero-order chi connectivity index (χ0) is 24.5. The van der Waals surface area contributed by atoms with Crippen LogP contribution in [-0.4, -0.2) is 46.9 Å². The van der Waals surface area contributed by atoms with E-state index >= 15 is 0 Å². The molecule has 0 aromatic heterocycles. The van der Waals surface area contributed by atoms with Crippen LogP contribution in [0.4, 0.5) is 5.69 Å². The lowest BCUT2D eigenvalue weighted by molar-refractivity contribution is 0.355. The molecule has 1 heterocycles. The zero-order valence-electron chi connectivity index (χ0n) is 20.0. The lowest BCUT2D eigenvalue weighted by Crippen LogP contribution is -2.27. The molecule has 178 valence electrons. The van der Waals surface area contributed by atoms with E-state index in [0.29, 0.717) is 23.6 Å². The van der Waals surface area contributed by atoms with Gasteiger partial charge in [-0.3, -0.25) is 0 Å². The number of rotatable bonds is 7. The van der Waals surface area contributed by atoms with Crippen LogP contribution in [-0.2, 0) is 10.0 Å². The monoisotopic (exact) mass is 479 g/mol. The molecule has 0 saturated carbocycles. The molecule has 1 aliphatic rings. The molecule has 0 N–H and O–H groups in total. The minimum Gasteiger partial charge on any atom is -0.493 e. The summed E-state index contributed by atoms with van der Waals surface area (Å²) in [5, 5.41) is 4.63. The van der Waals surface area contributed by atoms with Crippen molar-refractivity contribution in [3.63, 3.8) is 0 Å². The van der Waals surface area contributed by atoms with Crippen LogP contribution in [0.15, 0.2) is 76.7 Å². The molecular weight excluding hydrogens is 450 g/mol. The summed E-state index contributed by atoms with van der Waals surface area (Å²) in [6.07, 6.45) is 0.432. The molecule has 0 bridgehead atoms. The van der Waals surface area contributed by atoms with Gasteiger partial charge in [-0.05, 0) is 55.0 Å². The first kappa shape index (κ1) is 23.6. The van der Waals surface area contributed by atoms with E-state index in [2.05, 4.69) is 5.10 Å². The van der Waals surface area contributed by atoms with E-state index in [4.69, 9.17) is 9.47 Å². The molecule has 4 rings (SSSR count). The Morgan fingerprint density at radius 1 is 0.912 bits per heavy atom. The Morgan fingerprint density at radius 3 is 2.15 bits per heavy atom. The second-order valence-electron chi connectivity index (χ2n) is 8.41. The quantitative estimate of drug-likeness (QED) is 0.495. The minimum absolute atomic E-state index is 0.213. The fraction of sp³-hybridized carbons (Fsp3) is 0.269. The number of ether oxygens (including phenoxy) is 2. The molecule has 0 amide bonds. The Kier molecular flexibility index (Phi) is 6.52. The zero-order valence-corrected chi connectivity index (χ0v) is 20.8. The van der Waals surface area contributed by atoms with Crippen molar-refractivity contribution in [2.24, 2.45) is 5.10 Å². The van der Waals surface area contributed by atoms with E-state index in [1.165, 1.54) is 4.41 Å². The Morgan fingerprint density at radius 2 is 1.56 bits per heavy atom. The largest absolute Gasteiger partial charge is 0.493 e. The first-order valence-electron chi connectivity index (χ1n) is 10.9. The summed E-state index contributed by atoms with van der Waals surface area (Å²) in [7, 11) is 3.22. The van der Waals surface area contributed by atoms with Crippen molar-refractivity contribution in [1.82, 2.24) is 4.41 Å². The molecule has 7 nitrogen and oxygen atoms in total. The SMILES string of the molecule is COc1ccc(C2=NN(S(=O)(=O)c3ccc(C)cc3)C(c3ccc(N(C)C)cc3)C2)cc1OC. The first-order valence-corrected chi connectivity index (χ1v) is 12.4. The number of hydrogen-bond donors (Lipinski definition) is 0. The van der Waals surface area contributed by atoms with Gasteiger partial charge in [-0.25, -0.2) is 0 Å². The normalized spacial score (nSPS) is 15.7. The van der Waals surface area contributed by atoms with Crippen molar-refractivity contribution in [3.05, 3.63) is 83.4 Å². The third-order valence-electron chi connectivity index (χ3n) is 5.95. The molecule has 3 aromatic rings. The summed E-state index contributed by atoms with van der Waals surface area (Å²) in [6.45, 7) is 1.93. The Bertz CT molecular complexity index is 1300. The number of hydrogen-bond acceptors (Lipinski definition) is 6. The average Bonchev–Trinajstić information content (AvgIpc) is 3.30. The van der Waals surface area contributed by atoms with E-state index in [1.807, 2.05) is 62.3 Å². The third-order valence-corrected chi connectivity index (χ3v) is 7.65. The van der Waals surface area contributed by atoms with E-state index in [0.717, 1.165) is 22.4 Å². The summed E-state index contributed by atoms with van der Waals surface area (Å²) >= 11 is 0. The third kappa shape index (κ3) is 4.46. The molecule has 0 fully saturated rings. The summed E-state index contributed by atoms with van der Waals surface area (Å²) in [4.78, 5) is 2.22. The van der Waals surface area contributed by atoms with E-state index < -0.39 is 16.1 Å². The number of sulfonamides is 1. The van der Waals surface area contributed by atoms with E-state index in [-0.39, 0.29) is 4.90 Å². The molecule has 0 spiro atoms. The maximum absolute atomic E-state index is 13.7. The van der Waals surface area contributed by atoms with Crippen LogP contribution in [0.5, 0.6) is 11.5 Å². The number of hydrazone groups is 1. The molecule has 1 aliphatic heterocycles. The highest BCUT2D eigenvalue weighted by molar-refractivity contribution is 7.89. The van der Waals surface area contributed by atoms with E-state index in [9.17, 15) is 8.42 Å². The van der Waals surface area contributed by atoms with Crippen molar-refractivity contribution < 1.29 is 17.9 Å². The van der Waals surface area contributed by atoms with Gasteiger partial charge in [0.1, 0.15) is 0 Å². The van der Waals surface area contributed by atoms with Gasteiger partial charge >= 0.3 is 0 Å². The van der Waals surface area contributed by atoms with Crippen LogP contribution in [0.25, 0.3) is 0 Å². The maximum atomic E-state index is 13.7. The van der Waals surface area contributed by atoms with Crippen LogP contribution in [0.1, 0.15) is 29.2 Å². The van der Waals surface area contributed by atoms with Crippen LogP contribution in [0, 0.1) is 6.92 Å². The van der Waals surface area contributed by atoms with Gasteiger partial charge in [0.2, 0.25) is 0 Å². The predicted octanol–water partition coefficient (Wildman–Crippen LogP) is 4.62. The van der Waals surface area contributed by atoms with Crippen LogP contribution in [0.2, 0.25) is 0 Å². The molecule has 0 radical (unpaired) electrons. The highest BCUT2D eigenvalue weighted by Crippen LogP contribution is 2.39. The lowest BCUT2D eigenvalue weighted by atomic mass is 9.98. The van der Waals surface area contributed by atoms with Gasteiger partial charge in [-0.15, -0.1) is 0 Å². The average molecular weight is 480 g/mol. The number of methoxy groups -OCH3 is 2. The summed E-state index contributed by atoms with van der Waals surface area (Å²) in [5.41, 5.74) is 4.36. The number of aryl methyl sites for hydroxylation is 1. The lowest BCUT2D eigenvalue weighted by Gasteiger charge is -2.24. The Labute approximate surface area is 201 Å². The molecule has 1 atom stereocenters. The van der Waals surface area contributed by atoms with Gasteiger partial charge < -0.3 is 14.4 Å². The summed E-state index contributed by atoms with van der Waals surface area (Å²) < 4.78 is 39.4. The standard InChI is InChI=1S/C26H29N3O4S/c1-18-6-13-22(14-7-18)34(30,31)29-24(19-8-11-21(12-9-19)28(2)3)17-23(27-29)20-10-15-25(32-4)26(16-20)33-5/h6-16,24H,17H2,1-5H3. The Balaban J connectivity index is 1.79. The fourth-order valence-corrected chi connectivity index (χ4v) is 5.39. The van der Waals surface area contributed by atoms with Crippen molar-refractivity contribution in [1.29, 1.82) is 0 Å². The van der Waals surface area contributed by atoms with Gasteiger partial charge in [0.25, 0.3) is 10.0 Å². The number of benzene rings is 3. The van der Waals surface area contributed by atoms with Gasteiger partial charge in [-0.2, -0.15) is 17.9 Å².